The van der Waals surface area contributed by atoms with Crippen LogP contribution < -0.4 is 4.90 Å². The Morgan fingerprint density at radius 3 is 2.20 bits per heavy atom. The van der Waals surface area contributed by atoms with Crippen molar-refractivity contribution in [2.45, 2.75) is 0 Å². The molecule has 15 heavy (non-hydrogen) atoms. The second-order valence-corrected chi connectivity index (χ2v) is 3.02. The largest absolute Gasteiger partial charge is 0.298 e. The van der Waals surface area contributed by atoms with Gasteiger partial charge in [-0.25, -0.2) is 4.90 Å². The van der Waals surface area contributed by atoms with E-state index in [0.717, 1.165) is 4.90 Å². The minimum Gasteiger partial charge on any atom is -0.298 e. The van der Waals surface area contributed by atoms with Crippen molar-refractivity contribution in [2.75, 3.05) is 4.90 Å². The normalized spacial score (nSPS) is 14.8. The van der Waals surface area contributed by atoms with Crippen LogP contribution >= 0.6 is 0 Å². The van der Waals surface area contributed by atoms with Gasteiger partial charge < -0.3 is 0 Å². The highest BCUT2D eigenvalue weighted by atomic mass is 16.2. The summed E-state index contributed by atoms with van der Waals surface area (Å²) < 4.78 is 0. The van der Waals surface area contributed by atoms with E-state index in [2.05, 4.69) is 0 Å². The summed E-state index contributed by atoms with van der Waals surface area (Å²) in [6, 6.07) is 6.46. The third-order valence-electron chi connectivity index (χ3n) is 2.11. The second-order valence-electron chi connectivity index (χ2n) is 3.02. The predicted octanol–water partition coefficient (Wildman–Crippen LogP) is 0.928. The molecule has 0 fully saturated rings. The van der Waals surface area contributed by atoms with Crippen molar-refractivity contribution in [1.29, 1.82) is 0 Å². The first-order valence-electron chi connectivity index (χ1n) is 4.34. The van der Waals surface area contributed by atoms with Crippen molar-refractivity contribution in [3.63, 3.8) is 0 Å². The van der Waals surface area contributed by atoms with E-state index >= 15 is 0 Å². The number of amides is 2. The van der Waals surface area contributed by atoms with Gasteiger partial charge in [0, 0.05) is 17.7 Å². The minimum absolute atomic E-state index is 0.322. The topological polar surface area (TPSA) is 54.5 Å². The van der Waals surface area contributed by atoms with Gasteiger partial charge in [-0.3, -0.25) is 14.4 Å². The first kappa shape index (κ1) is 9.33. The highest BCUT2D eigenvalue weighted by molar-refractivity contribution is 6.29. The zero-order valence-corrected chi connectivity index (χ0v) is 7.71. The van der Waals surface area contributed by atoms with Gasteiger partial charge in [-0.2, -0.15) is 0 Å². The maximum absolute atomic E-state index is 11.4. The summed E-state index contributed by atoms with van der Waals surface area (Å²) in [5, 5.41) is 0. The van der Waals surface area contributed by atoms with Crippen LogP contribution in [0.4, 0.5) is 5.69 Å². The Balaban J connectivity index is 2.50. The Bertz CT molecular complexity index is 458. The molecule has 0 spiro atoms. The molecule has 0 aromatic heterocycles. The number of carbonyl (C=O) groups excluding carboxylic acids is 3. The summed E-state index contributed by atoms with van der Waals surface area (Å²) in [4.78, 5) is 34.4. The zero-order chi connectivity index (χ0) is 10.8. The molecule has 0 aliphatic carbocycles. The van der Waals surface area contributed by atoms with Gasteiger partial charge in [0.1, 0.15) is 0 Å². The fourth-order valence-electron chi connectivity index (χ4n) is 1.43. The molecule has 74 valence electrons. The highest BCUT2D eigenvalue weighted by Crippen LogP contribution is 2.22. The van der Waals surface area contributed by atoms with E-state index < -0.39 is 11.8 Å². The number of carbonyl (C=O) groups is 3. The number of hydrogen-bond donors (Lipinski definition) is 0. The molecule has 0 saturated carbocycles. The Morgan fingerprint density at radius 1 is 1.00 bits per heavy atom. The quantitative estimate of drug-likeness (QED) is 0.528. The second kappa shape index (κ2) is 3.49. The van der Waals surface area contributed by atoms with Crippen LogP contribution in [0.5, 0.6) is 0 Å². The molecule has 1 heterocycles. The van der Waals surface area contributed by atoms with E-state index in [9.17, 15) is 14.4 Å². The molecule has 1 aromatic rings. The van der Waals surface area contributed by atoms with E-state index in [4.69, 9.17) is 0 Å². The molecular formula is C11H7NO3. The first-order valence-corrected chi connectivity index (χ1v) is 4.34. The number of nitrogens with zero attached hydrogens (tertiary/aromatic N) is 1. The lowest BCUT2D eigenvalue weighted by Crippen LogP contribution is -2.30. The predicted molar refractivity (Wildman–Crippen MR) is 53.5 cm³/mol. The lowest BCUT2D eigenvalue weighted by molar-refractivity contribution is -0.119. The average Bonchev–Trinajstić information content (AvgIpc) is 2.59. The zero-order valence-electron chi connectivity index (χ0n) is 7.71. The van der Waals surface area contributed by atoms with Crippen molar-refractivity contribution < 1.29 is 14.4 Å². The summed E-state index contributed by atoms with van der Waals surface area (Å²) in [7, 11) is 0. The van der Waals surface area contributed by atoms with Crippen LogP contribution in [0, 0.1) is 0 Å². The van der Waals surface area contributed by atoms with Crippen LogP contribution in [0.1, 0.15) is 10.4 Å². The van der Waals surface area contributed by atoms with Crippen LogP contribution in [0.15, 0.2) is 36.4 Å². The number of rotatable bonds is 2. The molecule has 0 radical (unpaired) electrons. The summed E-state index contributed by atoms with van der Waals surface area (Å²) in [5.74, 6) is -0.844. The molecule has 0 unspecified atom stereocenters. The summed E-state index contributed by atoms with van der Waals surface area (Å²) in [6.07, 6.45) is 2.99. The molecular weight excluding hydrogens is 194 g/mol. The average molecular weight is 201 g/mol. The molecule has 1 aliphatic rings. The highest BCUT2D eigenvalue weighted by Gasteiger charge is 2.26. The Hall–Kier alpha value is -2.23. The monoisotopic (exact) mass is 201 g/mol. The minimum atomic E-state index is -0.422. The van der Waals surface area contributed by atoms with Crippen molar-refractivity contribution in [2.24, 2.45) is 0 Å². The molecule has 0 saturated heterocycles. The maximum atomic E-state index is 11.4. The van der Waals surface area contributed by atoms with E-state index in [-0.39, 0.29) is 0 Å². The molecule has 1 aliphatic heterocycles. The molecule has 4 heteroatoms. The summed E-state index contributed by atoms with van der Waals surface area (Å²) in [6.45, 7) is 0. The van der Waals surface area contributed by atoms with Gasteiger partial charge in [0.05, 0.1) is 5.69 Å². The van der Waals surface area contributed by atoms with Crippen LogP contribution in [-0.2, 0) is 9.59 Å². The number of imide groups is 1. The molecule has 2 amide bonds. The number of hydrogen-bond acceptors (Lipinski definition) is 3. The molecule has 2 rings (SSSR count). The number of benzene rings is 1. The molecule has 0 bridgehead atoms. The summed E-state index contributed by atoms with van der Waals surface area (Å²) >= 11 is 0. The van der Waals surface area contributed by atoms with Gasteiger partial charge >= 0.3 is 0 Å². The van der Waals surface area contributed by atoms with Gasteiger partial charge in [0.25, 0.3) is 11.8 Å². The van der Waals surface area contributed by atoms with Gasteiger partial charge in [-0.05, 0) is 12.1 Å². The number of aldehydes is 1. The molecule has 0 N–H and O–H groups in total. The third-order valence-corrected chi connectivity index (χ3v) is 2.11. The molecule has 0 atom stereocenters. The Labute approximate surface area is 85.8 Å². The lowest BCUT2D eigenvalue weighted by atomic mass is 10.2. The van der Waals surface area contributed by atoms with Crippen molar-refractivity contribution in [3.8, 4) is 0 Å². The van der Waals surface area contributed by atoms with E-state index in [1.165, 1.54) is 12.2 Å². The van der Waals surface area contributed by atoms with Gasteiger partial charge in [-0.15, -0.1) is 0 Å². The third kappa shape index (κ3) is 1.46. The number of anilines is 1. The van der Waals surface area contributed by atoms with Crippen LogP contribution in [0.3, 0.4) is 0 Å². The van der Waals surface area contributed by atoms with Crippen LogP contribution in [0.25, 0.3) is 0 Å². The smallest absolute Gasteiger partial charge is 0.258 e. The fourth-order valence-corrected chi connectivity index (χ4v) is 1.43. The van der Waals surface area contributed by atoms with Crippen molar-refractivity contribution in [1.82, 2.24) is 0 Å². The SMILES string of the molecule is O=Cc1ccccc1N1C(=O)C=CC1=O. The van der Waals surface area contributed by atoms with E-state index in [0.29, 0.717) is 17.5 Å². The lowest BCUT2D eigenvalue weighted by Gasteiger charge is -2.15. The summed E-state index contributed by atoms with van der Waals surface area (Å²) in [5.41, 5.74) is 0.649. The van der Waals surface area contributed by atoms with E-state index in [1.807, 2.05) is 0 Å². The van der Waals surface area contributed by atoms with Crippen molar-refractivity contribution >= 4 is 23.8 Å². The van der Waals surface area contributed by atoms with Crippen LogP contribution in [-0.4, -0.2) is 18.1 Å². The van der Waals surface area contributed by atoms with Gasteiger partial charge in [-0.1, -0.05) is 12.1 Å². The Morgan fingerprint density at radius 2 is 1.60 bits per heavy atom. The maximum Gasteiger partial charge on any atom is 0.258 e. The van der Waals surface area contributed by atoms with E-state index in [1.54, 1.807) is 24.3 Å². The van der Waals surface area contributed by atoms with Gasteiger partial charge in [0.15, 0.2) is 6.29 Å². The van der Waals surface area contributed by atoms with Crippen LogP contribution in [0.2, 0.25) is 0 Å². The molecule has 1 aromatic carbocycles. The first-order chi connectivity index (χ1) is 7.24. The standard InChI is InChI=1S/C11H7NO3/c13-7-8-3-1-2-4-9(8)12-10(14)5-6-11(12)15/h1-7H. The fraction of sp³-hybridized carbons (Fsp3) is 0. The number of para-hydroxylation sites is 1. The van der Waals surface area contributed by atoms with Gasteiger partial charge in [0.2, 0.25) is 0 Å². The Kier molecular flexibility index (Phi) is 2.17. The molecule has 4 nitrogen and oxygen atoms in total. The van der Waals surface area contributed by atoms with Crippen molar-refractivity contribution in [3.05, 3.63) is 42.0 Å².